The van der Waals surface area contributed by atoms with Gasteiger partial charge in [-0.1, -0.05) is 13.8 Å². The smallest absolute Gasteiger partial charge is 0.251 e. The molecule has 0 spiro atoms. The Balaban J connectivity index is 0.00000137. The molecule has 1 heterocycles. The molecule has 0 aromatic carbocycles. The molecular weight excluding hydrogens is 234 g/mol. The van der Waals surface area contributed by atoms with Gasteiger partial charge < -0.3 is 4.90 Å². The number of hydrogen-bond donors (Lipinski definition) is 0. The van der Waals surface area contributed by atoms with Gasteiger partial charge in [0.25, 0.3) is 6.43 Å². The fraction of sp³-hybridized carbons (Fsp3) is 1.00. The fourth-order valence-electron chi connectivity index (χ4n) is 2.25. The molecule has 0 saturated carbocycles. The van der Waals surface area contributed by atoms with Gasteiger partial charge in [-0.05, 0) is 52.7 Å². The van der Waals surface area contributed by atoms with Gasteiger partial charge in [0.15, 0.2) is 0 Å². The first-order chi connectivity index (χ1) is 8.49. The normalized spacial score (nSPS) is 18.3. The van der Waals surface area contributed by atoms with Crippen molar-refractivity contribution in [2.24, 2.45) is 5.92 Å². The van der Waals surface area contributed by atoms with Crippen LogP contribution in [0.4, 0.5) is 8.78 Å². The van der Waals surface area contributed by atoms with Crippen molar-refractivity contribution in [1.82, 2.24) is 9.80 Å². The number of alkyl halides is 2. The van der Waals surface area contributed by atoms with Gasteiger partial charge in [0.2, 0.25) is 0 Å². The molecule has 18 heavy (non-hydrogen) atoms. The Morgan fingerprint density at radius 2 is 1.67 bits per heavy atom. The fourth-order valence-corrected chi connectivity index (χ4v) is 2.25. The first kappa shape index (κ1) is 17.8. The Bertz CT molecular complexity index is 190. The van der Waals surface area contributed by atoms with Crippen molar-refractivity contribution in [3.8, 4) is 0 Å². The molecule has 0 aliphatic carbocycles. The zero-order valence-corrected chi connectivity index (χ0v) is 12.6. The van der Waals surface area contributed by atoms with E-state index in [0.717, 1.165) is 32.5 Å². The van der Waals surface area contributed by atoms with Gasteiger partial charge in [0.1, 0.15) is 0 Å². The first-order valence-electron chi connectivity index (χ1n) is 7.19. The second-order valence-electron chi connectivity index (χ2n) is 5.19. The summed E-state index contributed by atoms with van der Waals surface area (Å²) in [5.74, 6) is 0.595. The van der Waals surface area contributed by atoms with Crippen molar-refractivity contribution in [3.63, 3.8) is 0 Å². The van der Waals surface area contributed by atoms with E-state index in [1.165, 1.54) is 0 Å². The monoisotopic (exact) mass is 264 g/mol. The number of piperidine rings is 1. The molecule has 0 bridgehead atoms. The topological polar surface area (TPSA) is 6.48 Å². The maximum absolute atomic E-state index is 12.4. The lowest BCUT2D eigenvalue weighted by atomic mass is 9.96. The molecule has 2 nitrogen and oxygen atoms in total. The Hall–Kier alpha value is -0.220. The summed E-state index contributed by atoms with van der Waals surface area (Å²) >= 11 is 0. The van der Waals surface area contributed by atoms with Crippen LogP contribution in [0.2, 0.25) is 0 Å². The van der Waals surface area contributed by atoms with E-state index < -0.39 is 6.43 Å². The van der Waals surface area contributed by atoms with E-state index in [9.17, 15) is 8.78 Å². The number of rotatable bonds is 5. The van der Waals surface area contributed by atoms with Gasteiger partial charge in [-0.3, -0.25) is 4.90 Å². The third kappa shape index (κ3) is 7.27. The Kier molecular flexibility index (Phi) is 9.56. The number of likely N-dealkylation sites (tertiary alicyclic amines) is 1. The van der Waals surface area contributed by atoms with Gasteiger partial charge in [0, 0.05) is 12.6 Å². The summed E-state index contributed by atoms with van der Waals surface area (Å²) in [4.78, 5) is 4.23. The molecule has 0 aromatic heterocycles. The van der Waals surface area contributed by atoms with Crippen LogP contribution in [-0.4, -0.2) is 55.5 Å². The highest BCUT2D eigenvalue weighted by Gasteiger charge is 2.22. The molecule has 0 aromatic rings. The van der Waals surface area contributed by atoms with Crippen molar-refractivity contribution in [3.05, 3.63) is 0 Å². The lowest BCUT2D eigenvalue weighted by molar-refractivity contribution is 0.0555. The summed E-state index contributed by atoms with van der Waals surface area (Å²) < 4.78 is 24.8. The van der Waals surface area contributed by atoms with Crippen molar-refractivity contribution in [1.29, 1.82) is 0 Å². The van der Waals surface area contributed by atoms with E-state index in [2.05, 4.69) is 11.9 Å². The largest absolute Gasteiger partial charge is 0.306 e. The van der Waals surface area contributed by atoms with Crippen molar-refractivity contribution < 1.29 is 8.78 Å². The highest BCUT2D eigenvalue weighted by Crippen LogP contribution is 2.18. The summed E-state index contributed by atoms with van der Waals surface area (Å²) in [6.45, 7) is 10.9. The second-order valence-corrected chi connectivity index (χ2v) is 5.19. The van der Waals surface area contributed by atoms with Crippen LogP contribution >= 0.6 is 0 Å². The zero-order chi connectivity index (χ0) is 14.1. The van der Waals surface area contributed by atoms with Gasteiger partial charge >= 0.3 is 0 Å². The molecule has 1 rings (SSSR count). The second kappa shape index (κ2) is 9.68. The van der Waals surface area contributed by atoms with E-state index in [0.29, 0.717) is 5.92 Å². The standard InChI is InChI=1S/C12H24F2N2.C2H6/c1-10(2)16(9-12(13)14)8-11-4-6-15(3)7-5-11;1-2/h10-12H,4-9H2,1-3H3;1-2H3. The molecule has 4 heteroatoms. The number of nitrogens with zero attached hydrogens (tertiary/aromatic N) is 2. The first-order valence-corrected chi connectivity index (χ1v) is 7.19. The summed E-state index contributed by atoms with van der Waals surface area (Å²) in [7, 11) is 2.12. The predicted molar refractivity (Wildman–Crippen MR) is 74.3 cm³/mol. The van der Waals surface area contributed by atoms with Crippen LogP contribution in [0.15, 0.2) is 0 Å². The summed E-state index contributed by atoms with van der Waals surface area (Å²) in [5, 5.41) is 0. The molecule has 1 saturated heterocycles. The average molecular weight is 264 g/mol. The Morgan fingerprint density at radius 3 is 2.06 bits per heavy atom. The van der Waals surface area contributed by atoms with Crippen molar-refractivity contribution in [2.45, 2.75) is 53.0 Å². The number of halogens is 2. The van der Waals surface area contributed by atoms with Crippen molar-refractivity contribution >= 4 is 0 Å². The minimum Gasteiger partial charge on any atom is -0.306 e. The van der Waals surface area contributed by atoms with Crippen LogP contribution in [-0.2, 0) is 0 Å². The lowest BCUT2D eigenvalue weighted by Gasteiger charge is -2.34. The van der Waals surface area contributed by atoms with E-state index in [4.69, 9.17) is 0 Å². The van der Waals surface area contributed by atoms with E-state index in [1.807, 2.05) is 32.6 Å². The van der Waals surface area contributed by atoms with E-state index >= 15 is 0 Å². The minimum atomic E-state index is -2.21. The molecular formula is C14H30F2N2. The van der Waals surface area contributed by atoms with Crippen LogP contribution in [0, 0.1) is 5.92 Å². The van der Waals surface area contributed by atoms with E-state index in [-0.39, 0.29) is 12.6 Å². The van der Waals surface area contributed by atoms with Crippen molar-refractivity contribution in [2.75, 3.05) is 33.2 Å². The van der Waals surface area contributed by atoms with Gasteiger partial charge in [0.05, 0.1) is 6.54 Å². The van der Waals surface area contributed by atoms with E-state index in [1.54, 1.807) is 0 Å². The molecule has 0 unspecified atom stereocenters. The third-order valence-corrected chi connectivity index (χ3v) is 3.43. The maximum atomic E-state index is 12.4. The molecule has 0 radical (unpaired) electrons. The van der Waals surface area contributed by atoms with Crippen LogP contribution in [0.3, 0.4) is 0 Å². The summed E-state index contributed by atoms with van der Waals surface area (Å²) in [6.07, 6.45) is 0.0694. The van der Waals surface area contributed by atoms with Crippen LogP contribution in [0.5, 0.6) is 0 Å². The van der Waals surface area contributed by atoms with Crippen LogP contribution in [0.1, 0.15) is 40.5 Å². The van der Waals surface area contributed by atoms with Gasteiger partial charge in [-0.2, -0.15) is 0 Å². The lowest BCUT2D eigenvalue weighted by Crippen LogP contribution is -2.41. The predicted octanol–water partition coefficient (Wildman–Crippen LogP) is 3.33. The highest BCUT2D eigenvalue weighted by molar-refractivity contribution is 4.75. The van der Waals surface area contributed by atoms with Crippen LogP contribution < -0.4 is 0 Å². The molecule has 0 N–H and O–H groups in total. The summed E-state index contributed by atoms with van der Waals surface area (Å²) in [6, 6.07) is 0.216. The molecule has 0 atom stereocenters. The summed E-state index contributed by atoms with van der Waals surface area (Å²) in [5.41, 5.74) is 0. The molecule has 1 aliphatic heterocycles. The quantitative estimate of drug-likeness (QED) is 0.751. The Labute approximate surface area is 111 Å². The number of hydrogen-bond acceptors (Lipinski definition) is 2. The molecule has 1 fully saturated rings. The van der Waals surface area contributed by atoms with Crippen LogP contribution in [0.25, 0.3) is 0 Å². The maximum Gasteiger partial charge on any atom is 0.251 e. The SMILES string of the molecule is CC.CC(C)N(CC(F)F)CC1CCN(C)CC1. The highest BCUT2D eigenvalue weighted by atomic mass is 19.3. The zero-order valence-electron chi connectivity index (χ0n) is 12.6. The minimum absolute atomic E-state index is 0.0794. The van der Waals surface area contributed by atoms with Gasteiger partial charge in [-0.25, -0.2) is 8.78 Å². The molecule has 1 aliphatic rings. The average Bonchev–Trinajstić information content (AvgIpc) is 2.33. The molecule has 0 amide bonds. The Morgan fingerprint density at radius 1 is 1.17 bits per heavy atom. The molecule has 110 valence electrons. The van der Waals surface area contributed by atoms with Gasteiger partial charge in [-0.15, -0.1) is 0 Å². The third-order valence-electron chi connectivity index (χ3n) is 3.43.